The van der Waals surface area contributed by atoms with Gasteiger partial charge in [-0.2, -0.15) is 0 Å². The molecule has 0 saturated heterocycles. The Bertz CT molecular complexity index is 506. The summed E-state index contributed by atoms with van der Waals surface area (Å²) in [5.41, 5.74) is 0.327. The van der Waals surface area contributed by atoms with Crippen molar-refractivity contribution < 1.29 is 14.7 Å². The van der Waals surface area contributed by atoms with Crippen molar-refractivity contribution in [2.45, 2.75) is 13.0 Å². The molecule has 1 rings (SSSR count). The predicted octanol–water partition coefficient (Wildman–Crippen LogP) is 2.11. The number of nitrogens with one attached hydrogen (secondary N) is 2. The molecular weight excluding hydrogens is 282 g/mol. The zero-order valence-electron chi connectivity index (χ0n) is 11.6. The molecule has 0 heterocycles. The summed E-state index contributed by atoms with van der Waals surface area (Å²) in [5, 5.41) is 14.3. The van der Waals surface area contributed by atoms with Crippen LogP contribution >= 0.6 is 11.6 Å². The highest BCUT2D eigenvalue weighted by atomic mass is 35.5. The van der Waals surface area contributed by atoms with Crippen molar-refractivity contribution in [1.29, 1.82) is 0 Å². The van der Waals surface area contributed by atoms with Crippen molar-refractivity contribution in [1.82, 2.24) is 10.2 Å². The zero-order chi connectivity index (χ0) is 15.3. The van der Waals surface area contributed by atoms with E-state index in [-0.39, 0.29) is 16.6 Å². The average molecular weight is 300 g/mol. The van der Waals surface area contributed by atoms with Gasteiger partial charge < -0.3 is 20.6 Å². The maximum Gasteiger partial charge on any atom is 0.337 e. The lowest BCUT2D eigenvalue weighted by Gasteiger charge is -2.20. The third-order valence-electron chi connectivity index (χ3n) is 2.89. The standard InChI is InChI=1S/C13H18ClN3O3/c1-8(17(2)3)7-15-13(20)16-9-4-5-11(14)10(6-9)12(18)19/h4-6,8H,7H2,1-3H3,(H,18,19)(H2,15,16,20). The molecule has 1 unspecified atom stereocenters. The van der Waals surface area contributed by atoms with Crippen LogP contribution in [0.3, 0.4) is 0 Å². The van der Waals surface area contributed by atoms with E-state index in [4.69, 9.17) is 16.7 Å². The summed E-state index contributed by atoms with van der Waals surface area (Å²) in [6.45, 7) is 2.46. The fourth-order valence-corrected chi connectivity index (χ4v) is 1.56. The highest BCUT2D eigenvalue weighted by molar-refractivity contribution is 6.33. The SMILES string of the molecule is CC(CNC(=O)Nc1ccc(Cl)c(C(=O)O)c1)N(C)C. The van der Waals surface area contributed by atoms with E-state index < -0.39 is 12.0 Å². The van der Waals surface area contributed by atoms with Gasteiger partial charge in [-0.05, 0) is 39.2 Å². The number of likely N-dealkylation sites (N-methyl/N-ethyl adjacent to an activating group) is 1. The topological polar surface area (TPSA) is 81.7 Å². The molecule has 0 spiro atoms. The second-order valence-corrected chi connectivity index (χ2v) is 5.05. The molecule has 110 valence electrons. The molecule has 0 saturated carbocycles. The lowest BCUT2D eigenvalue weighted by atomic mass is 10.2. The Labute approximate surface area is 122 Å². The first-order valence-electron chi connectivity index (χ1n) is 6.05. The molecule has 1 atom stereocenters. The van der Waals surface area contributed by atoms with E-state index in [1.807, 2.05) is 25.9 Å². The molecule has 7 heteroatoms. The molecular formula is C13H18ClN3O3. The van der Waals surface area contributed by atoms with Gasteiger partial charge in [0.1, 0.15) is 0 Å². The van der Waals surface area contributed by atoms with E-state index in [2.05, 4.69) is 10.6 Å². The van der Waals surface area contributed by atoms with Gasteiger partial charge in [-0.15, -0.1) is 0 Å². The van der Waals surface area contributed by atoms with Crippen molar-refractivity contribution in [2.75, 3.05) is 26.0 Å². The van der Waals surface area contributed by atoms with Crippen LogP contribution < -0.4 is 10.6 Å². The molecule has 1 aromatic carbocycles. The molecule has 0 aromatic heterocycles. The van der Waals surface area contributed by atoms with Crippen LogP contribution in [0.4, 0.5) is 10.5 Å². The third kappa shape index (κ3) is 4.71. The second kappa shape index (κ2) is 7.12. The quantitative estimate of drug-likeness (QED) is 0.778. The number of aromatic carboxylic acids is 1. The Hall–Kier alpha value is -1.79. The van der Waals surface area contributed by atoms with Crippen molar-refractivity contribution in [2.24, 2.45) is 0 Å². The number of carboxylic acids is 1. The van der Waals surface area contributed by atoms with Crippen LogP contribution in [-0.2, 0) is 0 Å². The fourth-order valence-electron chi connectivity index (χ4n) is 1.37. The fraction of sp³-hybridized carbons (Fsp3) is 0.385. The number of amides is 2. The number of carbonyl (C=O) groups excluding carboxylic acids is 1. The van der Waals surface area contributed by atoms with E-state index in [0.717, 1.165) is 0 Å². The van der Waals surface area contributed by atoms with Crippen molar-refractivity contribution in [3.63, 3.8) is 0 Å². The van der Waals surface area contributed by atoms with E-state index in [9.17, 15) is 9.59 Å². The molecule has 0 radical (unpaired) electrons. The minimum atomic E-state index is -1.14. The first-order valence-corrected chi connectivity index (χ1v) is 6.43. The largest absolute Gasteiger partial charge is 0.478 e. The minimum Gasteiger partial charge on any atom is -0.478 e. The van der Waals surface area contributed by atoms with Gasteiger partial charge in [-0.1, -0.05) is 11.6 Å². The van der Waals surface area contributed by atoms with Gasteiger partial charge in [-0.3, -0.25) is 0 Å². The summed E-state index contributed by atoms with van der Waals surface area (Å²) in [6, 6.07) is 4.10. The molecule has 2 amide bonds. The molecule has 6 nitrogen and oxygen atoms in total. The Morgan fingerprint density at radius 3 is 2.60 bits per heavy atom. The smallest absolute Gasteiger partial charge is 0.337 e. The van der Waals surface area contributed by atoms with E-state index in [1.165, 1.54) is 12.1 Å². The molecule has 0 bridgehead atoms. The van der Waals surface area contributed by atoms with Crippen LogP contribution in [0.25, 0.3) is 0 Å². The summed E-state index contributed by atoms with van der Waals surface area (Å²) < 4.78 is 0. The maximum atomic E-state index is 11.7. The minimum absolute atomic E-state index is 0.0499. The number of benzene rings is 1. The van der Waals surface area contributed by atoms with E-state index >= 15 is 0 Å². The summed E-state index contributed by atoms with van der Waals surface area (Å²) in [4.78, 5) is 24.6. The number of nitrogens with zero attached hydrogens (tertiary/aromatic N) is 1. The predicted molar refractivity (Wildman–Crippen MR) is 78.6 cm³/mol. The molecule has 0 aliphatic rings. The highest BCUT2D eigenvalue weighted by Crippen LogP contribution is 2.20. The first kappa shape index (κ1) is 16.3. The van der Waals surface area contributed by atoms with Crippen molar-refractivity contribution in [3.05, 3.63) is 28.8 Å². The summed E-state index contributed by atoms with van der Waals surface area (Å²) in [7, 11) is 3.84. The summed E-state index contributed by atoms with van der Waals surface area (Å²) in [6.07, 6.45) is 0. The first-order chi connectivity index (χ1) is 9.31. The Morgan fingerprint density at radius 2 is 2.05 bits per heavy atom. The number of carboxylic acid groups (broad SMARTS) is 1. The molecule has 1 aromatic rings. The maximum absolute atomic E-state index is 11.7. The molecule has 20 heavy (non-hydrogen) atoms. The van der Waals surface area contributed by atoms with E-state index in [0.29, 0.717) is 12.2 Å². The molecule has 0 fully saturated rings. The number of hydrogen-bond acceptors (Lipinski definition) is 3. The van der Waals surface area contributed by atoms with Gasteiger partial charge in [-0.25, -0.2) is 9.59 Å². The summed E-state index contributed by atoms with van der Waals surface area (Å²) >= 11 is 5.75. The van der Waals surface area contributed by atoms with Crippen LogP contribution in [0.1, 0.15) is 17.3 Å². The lowest BCUT2D eigenvalue weighted by molar-refractivity contribution is 0.0697. The monoisotopic (exact) mass is 299 g/mol. The highest BCUT2D eigenvalue weighted by Gasteiger charge is 2.11. The number of anilines is 1. The van der Waals surface area contributed by atoms with Crippen LogP contribution in [0.15, 0.2) is 18.2 Å². The second-order valence-electron chi connectivity index (χ2n) is 4.65. The summed E-state index contributed by atoms with van der Waals surface area (Å²) in [5.74, 6) is -1.14. The van der Waals surface area contributed by atoms with Gasteiger partial charge in [0.2, 0.25) is 0 Å². The Morgan fingerprint density at radius 1 is 1.40 bits per heavy atom. The Kier molecular flexibility index (Phi) is 5.79. The molecule has 0 aliphatic carbocycles. The number of urea groups is 1. The molecule has 0 aliphatic heterocycles. The van der Waals surface area contributed by atoms with Gasteiger partial charge in [0.15, 0.2) is 0 Å². The lowest BCUT2D eigenvalue weighted by Crippen LogP contribution is -2.40. The van der Waals surface area contributed by atoms with Crippen LogP contribution in [-0.4, -0.2) is 48.7 Å². The van der Waals surface area contributed by atoms with Gasteiger partial charge in [0, 0.05) is 18.3 Å². The number of rotatable bonds is 5. The van der Waals surface area contributed by atoms with Crippen molar-refractivity contribution in [3.8, 4) is 0 Å². The third-order valence-corrected chi connectivity index (χ3v) is 3.22. The zero-order valence-corrected chi connectivity index (χ0v) is 12.4. The normalized spacial score (nSPS) is 12.1. The number of hydrogen-bond donors (Lipinski definition) is 3. The number of carbonyl (C=O) groups is 2. The average Bonchev–Trinajstić information content (AvgIpc) is 2.37. The number of halogens is 1. The van der Waals surface area contributed by atoms with Gasteiger partial charge >= 0.3 is 12.0 Å². The van der Waals surface area contributed by atoms with Crippen LogP contribution in [0, 0.1) is 0 Å². The van der Waals surface area contributed by atoms with Gasteiger partial charge in [0.25, 0.3) is 0 Å². The van der Waals surface area contributed by atoms with Crippen molar-refractivity contribution >= 4 is 29.3 Å². The molecule has 3 N–H and O–H groups in total. The van der Waals surface area contributed by atoms with Crippen LogP contribution in [0.2, 0.25) is 5.02 Å². The van der Waals surface area contributed by atoms with E-state index in [1.54, 1.807) is 6.07 Å². The Balaban J connectivity index is 2.62. The van der Waals surface area contributed by atoms with Gasteiger partial charge in [0.05, 0.1) is 10.6 Å². The van der Waals surface area contributed by atoms with Crippen LogP contribution in [0.5, 0.6) is 0 Å².